The molecule has 0 bridgehead atoms. The maximum Gasteiger partial charge on any atom is 0.280 e. The monoisotopic (exact) mass is 304 g/mol. The first kappa shape index (κ1) is 16.1. The van der Waals surface area contributed by atoms with Crippen LogP contribution in [0.15, 0.2) is 11.1 Å². The number of aromatic amines is 1. The SMILES string of the molecule is Nc1nc2c(ncn2C[C@]2(CO)C[C@H]2CO)c(=O)[nH]1.[K]. The summed E-state index contributed by atoms with van der Waals surface area (Å²) in [5.74, 6) is 0.112. The number of anilines is 1. The molecule has 1 radical (unpaired) electrons. The van der Waals surface area contributed by atoms with Crippen molar-refractivity contribution in [3.05, 3.63) is 16.7 Å². The average Bonchev–Trinajstić information content (AvgIpc) is 2.95. The summed E-state index contributed by atoms with van der Waals surface area (Å²) in [5.41, 5.74) is 5.42. The number of hydrogen-bond donors (Lipinski definition) is 4. The number of nitrogen functional groups attached to an aromatic ring is 1. The molecule has 1 aliphatic carbocycles. The van der Waals surface area contributed by atoms with Crippen molar-refractivity contribution in [3.63, 3.8) is 0 Å². The third-order valence-corrected chi connectivity index (χ3v) is 3.87. The Labute approximate surface area is 156 Å². The van der Waals surface area contributed by atoms with Crippen LogP contribution in [0, 0.1) is 11.3 Å². The van der Waals surface area contributed by atoms with E-state index in [2.05, 4.69) is 15.0 Å². The molecule has 1 aliphatic rings. The van der Waals surface area contributed by atoms with E-state index in [4.69, 9.17) is 5.73 Å². The van der Waals surface area contributed by atoms with Crippen LogP contribution < -0.4 is 11.3 Å². The summed E-state index contributed by atoms with van der Waals surface area (Å²) in [4.78, 5) is 22.1. The van der Waals surface area contributed by atoms with Crippen LogP contribution in [0.5, 0.6) is 0 Å². The largest absolute Gasteiger partial charge is 0.396 e. The summed E-state index contributed by atoms with van der Waals surface area (Å²) < 4.78 is 1.70. The van der Waals surface area contributed by atoms with Crippen LogP contribution in [0.2, 0.25) is 0 Å². The van der Waals surface area contributed by atoms with E-state index >= 15 is 0 Å². The Morgan fingerprint density at radius 1 is 1.55 bits per heavy atom. The molecule has 9 heteroatoms. The van der Waals surface area contributed by atoms with Gasteiger partial charge in [-0.1, -0.05) is 0 Å². The van der Waals surface area contributed by atoms with Crippen LogP contribution in [-0.2, 0) is 6.54 Å². The average molecular weight is 304 g/mol. The molecule has 0 aliphatic heterocycles. The third-order valence-electron chi connectivity index (χ3n) is 3.87. The van der Waals surface area contributed by atoms with Crippen molar-refractivity contribution in [2.24, 2.45) is 11.3 Å². The fourth-order valence-electron chi connectivity index (χ4n) is 2.55. The molecule has 2 heterocycles. The van der Waals surface area contributed by atoms with Crippen molar-refractivity contribution in [3.8, 4) is 0 Å². The molecule has 2 aromatic rings. The number of imidazole rings is 1. The van der Waals surface area contributed by atoms with E-state index in [0.29, 0.717) is 12.2 Å². The Bertz CT molecular complexity index is 684. The molecule has 0 amide bonds. The summed E-state index contributed by atoms with van der Waals surface area (Å²) in [7, 11) is 0. The number of aliphatic hydroxyl groups excluding tert-OH is 2. The van der Waals surface area contributed by atoms with Gasteiger partial charge in [0.1, 0.15) is 0 Å². The quantitative estimate of drug-likeness (QED) is 0.499. The van der Waals surface area contributed by atoms with Crippen LogP contribution in [0.3, 0.4) is 0 Å². The molecule has 0 unspecified atom stereocenters. The first-order valence-electron chi connectivity index (χ1n) is 6.02. The smallest absolute Gasteiger partial charge is 0.280 e. The number of rotatable bonds is 4. The number of aliphatic hydroxyl groups is 2. The fraction of sp³-hybridized carbons (Fsp3) is 0.545. The van der Waals surface area contributed by atoms with E-state index in [1.165, 1.54) is 6.33 Å². The number of nitrogens with two attached hydrogens (primary N) is 1. The van der Waals surface area contributed by atoms with E-state index in [1.54, 1.807) is 4.57 Å². The topological polar surface area (TPSA) is 130 Å². The molecule has 20 heavy (non-hydrogen) atoms. The van der Waals surface area contributed by atoms with Gasteiger partial charge in [-0.25, -0.2) is 4.98 Å². The second-order valence-electron chi connectivity index (χ2n) is 5.10. The predicted octanol–water partition coefficient (Wildman–Crippen LogP) is -1.69. The minimum absolute atomic E-state index is 0. The van der Waals surface area contributed by atoms with Gasteiger partial charge < -0.3 is 20.5 Å². The zero-order valence-electron chi connectivity index (χ0n) is 11.2. The summed E-state index contributed by atoms with van der Waals surface area (Å²) >= 11 is 0. The first-order chi connectivity index (χ1) is 9.09. The Balaban J connectivity index is 0.00000147. The van der Waals surface area contributed by atoms with E-state index in [-0.39, 0.29) is 93.0 Å². The third kappa shape index (κ3) is 2.59. The van der Waals surface area contributed by atoms with Crippen LogP contribution in [0.1, 0.15) is 6.42 Å². The predicted molar refractivity (Wildman–Crippen MR) is 73.0 cm³/mol. The Kier molecular flexibility index (Phi) is 4.69. The summed E-state index contributed by atoms with van der Waals surface area (Å²) in [6.07, 6.45) is 2.26. The zero-order chi connectivity index (χ0) is 13.6. The number of aromatic nitrogens is 4. The Morgan fingerprint density at radius 2 is 2.30 bits per heavy atom. The number of hydrogen-bond acceptors (Lipinski definition) is 6. The molecule has 0 saturated heterocycles. The van der Waals surface area contributed by atoms with Gasteiger partial charge >= 0.3 is 0 Å². The normalized spacial score (nSPS) is 24.6. The van der Waals surface area contributed by atoms with E-state index < -0.39 is 0 Å². The standard InChI is InChI=1S/C11H15N5O3.K/c12-10-14-8-7(9(19)15-10)13-5-16(8)3-11(4-18)1-6(11)2-17;/h5-6,17-18H,1-4H2,(H3,12,14,15,19);/t6-,11-;/m0./s1. The van der Waals surface area contributed by atoms with E-state index in [9.17, 15) is 15.0 Å². The van der Waals surface area contributed by atoms with Gasteiger partial charge in [0.2, 0.25) is 5.95 Å². The van der Waals surface area contributed by atoms with E-state index in [0.717, 1.165) is 6.42 Å². The van der Waals surface area contributed by atoms with Crippen molar-refractivity contribution in [2.75, 3.05) is 18.9 Å². The molecule has 3 rings (SSSR count). The zero-order valence-corrected chi connectivity index (χ0v) is 14.3. The number of nitrogens with zero attached hydrogens (tertiary/aromatic N) is 3. The molecule has 0 spiro atoms. The maximum atomic E-state index is 11.6. The number of nitrogens with one attached hydrogen (secondary N) is 1. The molecular formula is C11H15KN5O3. The van der Waals surface area contributed by atoms with Gasteiger partial charge in [0.05, 0.1) is 12.9 Å². The van der Waals surface area contributed by atoms with Crippen molar-refractivity contribution in [2.45, 2.75) is 13.0 Å². The van der Waals surface area contributed by atoms with Crippen LogP contribution in [0.25, 0.3) is 11.2 Å². The second kappa shape index (κ2) is 5.83. The Hall–Kier alpha value is -0.294. The Morgan fingerprint density at radius 3 is 2.90 bits per heavy atom. The van der Waals surface area contributed by atoms with Crippen molar-refractivity contribution in [1.82, 2.24) is 19.5 Å². The summed E-state index contributed by atoms with van der Waals surface area (Å²) in [6, 6.07) is 0. The van der Waals surface area contributed by atoms with Gasteiger partial charge in [-0.05, 0) is 12.3 Å². The molecule has 2 aromatic heterocycles. The fourth-order valence-corrected chi connectivity index (χ4v) is 2.55. The van der Waals surface area contributed by atoms with Gasteiger partial charge in [0.15, 0.2) is 11.2 Å². The molecular weight excluding hydrogens is 289 g/mol. The summed E-state index contributed by atoms with van der Waals surface area (Å²) in [5, 5.41) is 18.7. The first-order valence-corrected chi connectivity index (χ1v) is 6.02. The van der Waals surface area contributed by atoms with Gasteiger partial charge in [0, 0.05) is 70.0 Å². The van der Waals surface area contributed by atoms with Gasteiger partial charge in [0.25, 0.3) is 5.56 Å². The maximum absolute atomic E-state index is 11.6. The van der Waals surface area contributed by atoms with Gasteiger partial charge in [-0.2, -0.15) is 4.98 Å². The minimum Gasteiger partial charge on any atom is -0.396 e. The number of fused-ring (bicyclic) bond motifs is 1. The van der Waals surface area contributed by atoms with Crippen LogP contribution in [-0.4, -0.2) is 94.3 Å². The van der Waals surface area contributed by atoms with Crippen molar-refractivity contribution < 1.29 is 10.2 Å². The molecule has 2 atom stereocenters. The molecule has 1 fully saturated rings. The molecule has 103 valence electrons. The molecule has 5 N–H and O–H groups in total. The minimum atomic E-state index is -0.381. The second-order valence-corrected chi connectivity index (χ2v) is 5.10. The van der Waals surface area contributed by atoms with Crippen molar-refractivity contribution >= 4 is 68.5 Å². The van der Waals surface area contributed by atoms with Gasteiger partial charge in [-0.3, -0.25) is 9.78 Å². The van der Waals surface area contributed by atoms with Crippen LogP contribution in [0.4, 0.5) is 5.95 Å². The molecule has 1 saturated carbocycles. The van der Waals surface area contributed by atoms with E-state index in [1.807, 2.05) is 0 Å². The van der Waals surface area contributed by atoms with Crippen molar-refractivity contribution in [1.29, 1.82) is 0 Å². The number of H-pyrrole nitrogens is 1. The molecule has 0 aromatic carbocycles. The van der Waals surface area contributed by atoms with Crippen LogP contribution >= 0.6 is 0 Å². The van der Waals surface area contributed by atoms with Gasteiger partial charge in [-0.15, -0.1) is 0 Å². The molecule has 8 nitrogen and oxygen atoms in total. The summed E-state index contributed by atoms with van der Waals surface area (Å²) in [6.45, 7) is 0.487.